The number of anilines is 1. The monoisotopic (exact) mass is 263 g/mol. The van der Waals surface area contributed by atoms with Crippen LogP contribution in [0.5, 0.6) is 0 Å². The van der Waals surface area contributed by atoms with Crippen LogP contribution in [0.15, 0.2) is 24.3 Å². The minimum absolute atomic E-state index is 0.0745. The fourth-order valence-electron chi connectivity index (χ4n) is 1.82. The van der Waals surface area contributed by atoms with Crippen molar-refractivity contribution in [2.24, 2.45) is 0 Å². The number of rotatable bonds is 7. The largest absolute Gasteiger partial charge is 0.398 e. The summed E-state index contributed by atoms with van der Waals surface area (Å²) in [6.45, 7) is 5.45. The second-order valence-corrected chi connectivity index (χ2v) is 4.93. The maximum atomic E-state index is 12.0. The lowest BCUT2D eigenvalue weighted by atomic mass is 10.1. The topological polar surface area (TPSA) is 58.4 Å². The van der Waals surface area contributed by atoms with Crippen molar-refractivity contribution >= 4 is 11.6 Å². The van der Waals surface area contributed by atoms with Crippen molar-refractivity contribution in [3.63, 3.8) is 0 Å². The van der Waals surface area contributed by atoms with Crippen molar-refractivity contribution in [1.82, 2.24) is 10.2 Å². The molecule has 106 valence electrons. The quantitative estimate of drug-likeness (QED) is 0.584. The zero-order valence-corrected chi connectivity index (χ0v) is 12.1. The number of nitrogens with one attached hydrogen (secondary N) is 1. The molecule has 0 bridgehead atoms. The Morgan fingerprint density at radius 2 is 2.11 bits per heavy atom. The van der Waals surface area contributed by atoms with E-state index in [0.29, 0.717) is 6.54 Å². The van der Waals surface area contributed by atoms with E-state index in [1.165, 1.54) is 0 Å². The van der Waals surface area contributed by atoms with Crippen LogP contribution >= 0.6 is 0 Å². The van der Waals surface area contributed by atoms with Gasteiger partial charge in [-0.2, -0.15) is 0 Å². The van der Waals surface area contributed by atoms with Gasteiger partial charge in [0.05, 0.1) is 6.04 Å². The van der Waals surface area contributed by atoms with E-state index in [0.717, 1.165) is 30.6 Å². The summed E-state index contributed by atoms with van der Waals surface area (Å²) in [7, 11) is 1.94. The Morgan fingerprint density at radius 3 is 2.74 bits per heavy atom. The second kappa shape index (κ2) is 7.79. The van der Waals surface area contributed by atoms with Crippen LogP contribution in [0, 0.1) is 0 Å². The van der Waals surface area contributed by atoms with Crippen molar-refractivity contribution in [2.75, 3.05) is 19.3 Å². The Balaban J connectivity index is 2.50. The average Bonchev–Trinajstić information content (AvgIpc) is 2.40. The molecule has 1 rings (SSSR count). The molecule has 0 heterocycles. The molecule has 1 atom stereocenters. The van der Waals surface area contributed by atoms with E-state index in [-0.39, 0.29) is 11.9 Å². The number of carbonyl (C=O) groups is 1. The summed E-state index contributed by atoms with van der Waals surface area (Å²) in [5.41, 5.74) is 7.74. The van der Waals surface area contributed by atoms with Gasteiger partial charge in [-0.25, -0.2) is 0 Å². The molecule has 1 unspecified atom stereocenters. The first-order valence-corrected chi connectivity index (χ1v) is 6.87. The predicted molar refractivity (Wildman–Crippen MR) is 79.7 cm³/mol. The molecule has 3 N–H and O–H groups in total. The van der Waals surface area contributed by atoms with Gasteiger partial charge in [0.15, 0.2) is 0 Å². The third-order valence-electron chi connectivity index (χ3n) is 3.35. The summed E-state index contributed by atoms with van der Waals surface area (Å²) in [5, 5.41) is 2.95. The van der Waals surface area contributed by atoms with Crippen molar-refractivity contribution in [3.05, 3.63) is 29.8 Å². The highest BCUT2D eigenvalue weighted by atomic mass is 16.2. The number of hydrogen-bond donors (Lipinski definition) is 2. The molecule has 1 aromatic carbocycles. The Kier molecular flexibility index (Phi) is 6.36. The summed E-state index contributed by atoms with van der Waals surface area (Å²) in [6, 6.07) is 7.60. The molecule has 0 aromatic heterocycles. The van der Waals surface area contributed by atoms with E-state index in [1.807, 2.05) is 43.1 Å². The molecule has 1 aromatic rings. The van der Waals surface area contributed by atoms with E-state index < -0.39 is 0 Å². The molecule has 19 heavy (non-hydrogen) atoms. The van der Waals surface area contributed by atoms with E-state index in [1.54, 1.807) is 0 Å². The standard InChI is InChI=1S/C15H25N3O/c1-4-5-10-17-15(19)12(2)18(3)11-13-8-6-7-9-14(13)16/h6-9,12H,4-5,10-11,16H2,1-3H3,(H,17,19). The molecular formula is C15H25N3O. The minimum atomic E-state index is -0.156. The van der Waals surface area contributed by atoms with Crippen LogP contribution < -0.4 is 11.1 Å². The van der Waals surface area contributed by atoms with Gasteiger partial charge in [-0.15, -0.1) is 0 Å². The third-order valence-corrected chi connectivity index (χ3v) is 3.35. The summed E-state index contributed by atoms with van der Waals surface area (Å²) in [5.74, 6) is 0.0745. The van der Waals surface area contributed by atoms with Gasteiger partial charge in [-0.3, -0.25) is 9.69 Å². The number of nitrogens with two attached hydrogens (primary N) is 1. The number of carbonyl (C=O) groups excluding carboxylic acids is 1. The number of para-hydroxylation sites is 1. The van der Waals surface area contributed by atoms with Gasteiger partial charge in [0.1, 0.15) is 0 Å². The van der Waals surface area contributed by atoms with Gasteiger partial charge >= 0.3 is 0 Å². The van der Waals surface area contributed by atoms with E-state index in [2.05, 4.69) is 12.2 Å². The summed E-state index contributed by atoms with van der Waals surface area (Å²) >= 11 is 0. The molecule has 0 aliphatic heterocycles. The fraction of sp³-hybridized carbons (Fsp3) is 0.533. The number of nitrogens with zero attached hydrogens (tertiary/aromatic N) is 1. The highest BCUT2D eigenvalue weighted by Gasteiger charge is 2.18. The fourth-order valence-corrected chi connectivity index (χ4v) is 1.82. The molecule has 0 spiro atoms. The van der Waals surface area contributed by atoms with Crippen LogP contribution in [0.4, 0.5) is 5.69 Å². The molecule has 0 radical (unpaired) electrons. The van der Waals surface area contributed by atoms with Crippen molar-refractivity contribution in [1.29, 1.82) is 0 Å². The lowest BCUT2D eigenvalue weighted by molar-refractivity contribution is -0.125. The van der Waals surface area contributed by atoms with Gasteiger partial charge in [-0.05, 0) is 32.0 Å². The van der Waals surface area contributed by atoms with E-state index >= 15 is 0 Å². The summed E-state index contributed by atoms with van der Waals surface area (Å²) in [6.07, 6.45) is 2.11. The summed E-state index contributed by atoms with van der Waals surface area (Å²) < 4.78 is 0. The second-order valence-electron chi connectivity index (χ2n) is 4.93. The first-order chi connectivity index (χ1) is 9.06. The number of benzene rings is 1. The molecular weight excluding hydrogens is 238 g/mol. The molecule has 0 saturated carbocycles. The first kappa shape index (κ1) is 15.5. The molecule has 4 nitrogen and oxygen atoms in total. The SMILES string of the molecule is CCCCNC(=O)C(C)N(C)Cc1ccccc1N. The number of hydrogen-bond acceptors (Lipinski definition) is 3. The van der Waals surface area contributed by atoms with Gasteiger partial charge in [0, 0.05) is 18.8 Å². The normalized spacial score (nSPS) is 12.4. The van der Waals surface area contributed by atoms with Crippen LogP contribution in [0.1, 0.15) is 32.3 Å². The number of unbranched alkanes of at least 4 members (excludes halogenated alkanes) is 1. The molecule has 0 aliphatic carbocycles. The highest BCUT2D eigenvalue weighted by Crippen LogP contribution is 2.13. The van der Waals surface area contributed by atoms with Crippen molar-refractivity contribution in [3.8, 4) is 0 Å². The molecule has 0 aliphatic rings. The number of likely N-dealkylation sites (N-methyl/N-ethyl adjacent to an activating group) is 1. The minimum Gasteiger partial charge on any atom is -0.398 e. The van der Waals surface area contributed by atoms with Gasteiger partial charge < -0.3 is 11.1 Å². The zero-order chi connectivity index (χ0) is 14.3. The van der Waals surface area contributed by atoms with Gasteiger partial charge in [0.25, 0.3) is 0 Å². The maximum Gasteiger partial charge on any atom is 0.237 e. The molecule has 0 fully saturated rings. The maximum absolute atomic E-state index is 12.0. The number of amides is 1. The van der Waals surface area contributed by atoms with Crippen molar-refractivity contribution in [2.45, 2.75) is 39.3 Å². The van der Waals surface area contributed by atoms with E-state index in [4.69, 9.17) is 5.73 Å². The lowest BCUT2D eigenvalue weighted by Crippen LogP contribution is -2.43. The van der Waals surface area contributed by atoms with Crippen LogP contribution in [0.2, 0.25) is 0 Å². The van der Waals surface area contributed by atoms with Gasteiger partial charge in [-0.1, -0.05) is 31.5 Å². The summed E-state index contributed by atoms with van der Waals surface area (Å²) in [4.78, 5) is 14.0. The van der Waals surface area contributed by atoms with Crippen LogP contribution in [0.3, 0.4) is 0 Å². The molecule has 4 heteroatoms. The van der Waals surface area contributed by atoms with Gasteiger partial charge in [0.2, 0.25) is 5.91 Å². The Bertz CT molecular complexity index is 406. The highest BCUT2D eigenvalue weighted by molar-refractivity contribution is 5.81. The Hall–Kier alpha value is -1.55. The lowest BCUT2D eigenvalue weighted by Gasteiger charge is -2.24. The predicted octanol–water partition coefficient (Wildman–Crippen LogP) is 2.01. The number of nitrogen functional groups attached to an aromatic ring is 1. The third kappa shape index (κ3) is 4.91. The zero-order valence-electron chi connectivity index (χ0n) is 12.1. The van der Waals surface area contributed by atoms with Crippen LogP contribution in [-0.4, -0.2) is 30.4 Å². The van der Waals surface area contributed by atoms with Crippen LogP contribution in [-0.2, 0) is 11.3 Å². The van der Waals surface area contributed by atoms with E-state index in [9.17, 15) is 4.79 Å². The molecule has 0 saturated heterocycles. The Morgan fingerprint density at radius 1 is 1.42 bits per heavy atom. The molecule has 1 amide bonds. The van der Waals surface area contributed by atoms with Crippen LogP contribution in [0.25, 0.3) is 0 Å². The Labute approximate surface area is 116 Å². The first-order valence-electron chi connectivity index (χ1n) is 6.87. The smallest absolute Gasteiger partial charge is 0.237 e. The van der Waals surface area contributed by atoms with Crippen molar-refractivity contribution < 1.29 is 4.79 Å². The average molecular weight is 263 g/mol.